The number of hydrogen-bond acceptors (Lipinski definition) is 3. The van der Waals surface area contributed by atoms with Gasteiger partial charge in [-0.2, -0.15) is 4.39 Å². The number of halogens is 2. The van der Waals surface area contributed by atoms with Gasteiger partial charge in [-0.05, 0) is 42.8 Å². The van der Waals surface area contributed by atoms with Gasteiger partial charge in [0.25, 0.3) is 0 Å². The molecule has 2 aromatic carbocycles. The lowest BCUT2D eigenvalue weighted by atomic mass is 10.1. The number of rotatable bonds is 3. The average Bonchev–Trinajstić information content (AvgIpc) is 2.50. The molecule has 0 bridgehead atoms. The van der Waals surface area contributed by atoms with Crippen molar-refractivity contribution >= 4 is 23.0 Å². The molecule has 5 heteroatoms. The standard InChI is InChI=1S/C19H19F2N3/c1-11(2)4-5-13-9-17(22)15(19(21)23)10-18(13)24-14-6-7-16(20)12(3)8-14/h6-11,23-24H,22H2,1-3H3. The lowest BCUT2D eigenvalue weighted by molar-refractivity contribution is 0.619. The van der Waals surface area contributed by atoms with Crippen LogP contribution >= 0.6 is 0 Å². The normalized spacial score (nSPS) is 10.2. The van der Waals surface area contributed by atoms with Crippen molar-refractivity contribution in [1.82, 2.24) is 0 Å². The van der Waals surface area contributed by atoms with E-state index < -0.39 is 5.97 Å². The Morgan fingerprint density at radius 1 is 1.25 bits per heavy atom. The van der Waals surface area contributed by atoms with Crippen LogP contribution in [-0.4, -0.2) is 5.97 Å². The molecule has 0 fully saturated rings. The quantitative estimate of drug-likeness (QED) is 0.432. The minimum atomic E-state index is -1.12. The predicted molar refractivity (Wildman–Crippen MR) is 94.9 cm³/mol. The van der Waals surface area contributed by atoms with Gasteiger partial charge in [0.05, 0.1) is 16.8 Å². The zero-order valence-corrected chi connectivity index (χ0v) is 13.8. The van der Waals surface area contributed by atoms with Crippen LogP contribution in [0.1, 0.15) is 30.5 Å². The summed E-state index contributed by atoms with van der Waals surface area (Å²) in [7, 11) is 0. The highest BCUT2D eigenvalue weighted by atomic mass is 19.1. The van der Waals surface area contributed by atoms with Crippen molar-refractivity contribution < 1.29 is 8.78 Å². The first-order valence-electron chi connectivity index (χ1n) is 7.50. The van der Waals surface area contributed by atoms with Gasteiger partial charge in [0.15, 0.2) is 0 Å². The largest absolute Gasteiger partial charge is 0.398 e. The van der Waals surface area contributed by atoms with Crippen LogP contribution in [0.15, 0.2) is 30.3 Å². The van der Waals surface area contributed by atoms with E-state index in [1.165, 1.54) is 18.2 Å². The topological polar surface area (TPSA) is 61.9 Å². The zero-order valence-electron chi connectivity index (χ0n) is 13.8. The molecule has 124 valence electrons. The summed E-state index contributed by atoms with van der Waals surface area (Å²) in [5.74, 6) is 4.78. The molecule has 0 atom stereocenters. The molecule has 0 saturated heterocycles. The molecule has 0 spiro atoms. The summed E-state index contributed by atoms with van der Waals surface area (Å²) in [5, 5.41) is 10.3. The highest BCUT2D eigenvalue weighted by molar-refractivity contribution is 5.98. The SMILES string of the molecule is Cc1cc(Nc2cc(C(=N)F)c(N)cc2C#CC(C)C)ccc1F. The fourth-order valence-electron chi connectivity index (χ4n) is 2.11. The average molecular weight is 327 g/mol. The maximum Gasteiger partial charge on any atom is 0.214 e. The lowest BCUT2D eigenvalue weighted by Gasteiger charge is -2.13. The van der Waals surface area contributed by atoms with Gasteiger partial charge in [0.1, 0.15) is 5.82 Å². The van der Waals surface area contributed by atoms with Crippen molar-refractivity contribution in [2.24, 2.45) is 5.92 Å². The third-order valence-electron chi connectivity index (χ3n) is 3.36. The van der Waals surface area contributed by atoms with Gasteiger partial charge in [-0.3, -0.25) is 5.41 Å². The molecule has 0 saturated carbocycles. The third kappa shape index (κ3) is 4.11. The van der Waals surface area contributed by atoms with Crippen LogP contribution in [0.25, 0.3) is 0 Å². The summed E-state index contributed by atoms with van der Waals surface area (Å²) < 4.78 is 26.8. The van der Waals surface area contributed by atoms with Crippen LogP contribution in [0.3, 0.4) is 0 Å². The van der Waals surface area contributed by atoms with Crippen molar-refractivity contribution in [1.29, 1.82) is 5.41 Å². The summed E-state index contributed by atoms with van der Waals surface area (Å²) >= 11 is 0. The predicted octanol–water partition coefficient (Wildman–Crippen LogP) is 4.76. The molecule has 3 nitrogen and oxygen atoms in total. The third-order valence-corrected chi connectivity index (χ3v) is 3.36. The summed E-state index contributed by atoms with van der Waals surface area (Å²) in [6.07, 6.45) is 0. The Kier molecular flexibility index (Phi) is 5.20. The molecule has 0 aromatic heterocycles. The van der Waals surface area contributed by atoms with E-state index in [1.54, 1.807) is 19.1 Å². The Hall–Kier alpha value is -2.87. The monoisotopic (exact) mass is 327 g/mol. The number of benzene rings is 2. The summed E-state index contributed by atoms with van der Waals surface area (Å²) in [4.78, 5) is 0. The maximum atomic E-state index is 13.4. The Labute approximate surface area is 140 Å². The van der Waals surface area contributed by atoms with Crippen LogP contribution in [0.4, 0.5) is 25.8 Å². The second kappa shape index (κ2) is 7.14. The molecule has 2 aromatic rings. The number of anilines is 3. The van der Waals surface area contributed by atoms with E-state index in [9.17, 15) is 8.78 Å². The first-order valence-corrected chi connectivity index (χ1v) is 7.50. The van der Waals surface area contributed by atoms with Crippen LogP contribution in [0.2, 0.25) is 0 Å². The van der Waals surface area contributed by atoms with Gasteiger partial charge < -0.3 is 11.1 Å². The Balaban J connectivity index is 2.52. The molecule has 0 aliphatic carbocycles. The van der Waals surface area contributed by atoms with E-state index in [-0.39, 0.29) is 23.0 Å². The number of nitrogen functional groups attached to an aromatic ring is 1. The minimum Gasteiger partial charge on any atom is -0.398 e. The van der Waals surface area contributed by atoms with Crippen molar-refractivity contribution in [2.45, 2.75) is 20.8 Å². The summed E-state index contributed by atoms with van der Waals surface area (Å²) in [5.41, 5.74) is 8.19. The van der Waals surface area contributed by atoms with E-state index in [0.717, 1.165) is 0 Å². The van der Waals surface area contributed by atoms with Gasteiger partial charge in [-0.15, -0.1) is 0 Å². The Bertz CT molecular complexity index is 846. The molecule has 0 unspecified atom stereocenters. The highest BCUT2D eigenvalue weighted by Gasteiger charge is 2.11. The number of hydrogen-bond donors (Lipinski definition) is 3. The molecule has 24 heavy (non-hydrogen) atoms. The Morgan fingerprint density at radius 3 is 2.54 bits per heavy atom. The molecular weight excluding hydrogens is 308 g/mol. The van der Waals surface area contributed by atoms with Gasteiger partial charge in [0, 0.05) is 17.3 Å². The molecule has 2 rings (SSSR count). The van der Waals surface area contributed by atoms with Gasteiger partial charge in [-0.1, -0.05) is 25.7 Å². The van der Waals surface area contributed by atoms with Crippen molar-refractivity contribution in [2.75, 3.05) is 11.1 Å². The number of aryl methyl sites for hydroxylation is 1. The van der Waals surface area contributed by atoms with Crippen LogP contribution in [0.5, 0.6) is 0 Å². The van der Waals surface area contributed by atoms with Crippen LogP contribution in [-0.2, 0) is 0 Å². The fourth-order valence-corrected chi connectivity index (χ4v) is 2.11. The maximum absolute atomic E-state index is 13.4. The number of nitrogens with one attached hydrogen (secondary N) is 2. The number of nitrogens with two attached hydrogens (primary N) is 1. The molecule has 0 aliphatic heterocycles. The molecule has 4 N–H and O–H groups in total. The van der Waals surface area contributed by atoms with E-state index >= 15 is 0 Å². The smallest absolute Gasteiger partial charge is 0.214 e. The highest BCUT2D eigenvalue weighted by Crippen LogP contribution is 2.27. The van der Waals surface area contributed by atoms with E-state index in [0.29, 0.717) is 22.5 Å². The first-order chi connectivity index (χ1) is 11.3. The Morgan fingerprint density at radius 2 is 1.96 bits per heavy atom. The van der Waals surface area contributed by atoms with Crippen molar-refractivity contribution in [3.8, 4) is 11.8 Å². The van der Waals surface area contributed by atoms with Gasteiger partial charge in [0.2, 0.25) is 5.97 Å². The van der Waals surface area contributed by atoms with Crippen LogP contribution < -0.4 is 11.1 Å². The fraction of sp³-hybridized carbons (Fsp3) is 0.211. The molecular formula is C19H19F2N3. The first kappa shape index (κ1) is 17.5. The molecule has 0 heterocycles. The van der Waals surface area contributed by atoms with Crippen LogP contribution in [0, 0.1) is 35.9 Å². The second-order valence-corrected chi connectivity index (χ2v) is 5.81. The lowest BCUT2D eigenvalue weighted by Crippen LogP contribution is -2.03. The van der Waals surface area contributed by atoms with Gasteiger partial charge >= 0.3 is 0 Å². The van der Waals surface area contributed by atoms with E-state index in [2.05, 4.69) is 17.2 Å². The van der Waals surface area contributed by atoms with E-state index in [4.69, 9.17) is 11.1 Å². The van der Waals surface area contributed by atoms with E-state index in [1.807, 2.05) is 13.8 Å². The summed E-state index contributed by atoms with van der Waals surface area (Å²) in [6, 6.07) is 7.56. The summed E-state index contributed by atoms with van der Waals surface area (Å²) in [6.45, 7) is 5.57. The molecule has 0 radical (unpaired) electrons. The molecule has 0 aliphatic rings. The minimum absolute atomic E-state index is 0.00793. The zero-order chi connectivity index (χ0) is 17.9. The van der Waals surface area contributed by atoms with Crippen molar-refractivity contribution in [3.63, 3.8) is 0 Å². The van der Waals surface area contributed by atoms with Gasteiger partial charge in [-0.25, -0.2) is 4.39 Å². The van der Waals surface area contributed by atoms with Crippen molar-refractivity contribution in [3.05, 3.63) is 52.8 Å². The second-order valence-electron chi connectivity index (χ2n) is 5.81. The molecule has 0 amide bonds.